The number of carboxylic acid groups (broad SMARTS) is 1. The number of benzene rings is 1. The molecule has 0 saturated carbocycles. The fraction of sp³-hybridized carbons (Fsp3) is 0.231. The van der Waals surface area contributed by atoms with Crippen molar-refractivity contribution < 1.29 is 9.90 Å². The summed E-state index contributed by atoms with van der Waals surface area (Å²) in [5.41, 5.74) is 0.994. The Morgan fingerprint density at radius 1 is 1.47 bits per heavy atom. The molecule has 0 fully saturated rings. The number of nitrogens with zero attached hydrogens (tertiary/aromatic N) is 2. The summed E-state index contributed by atoms with van der Waals surface area (Å²) in [6, 6.07) is 7.39. The van der Waals surface area contributed by atoms with Crippen LogP contribution in [-0.2, 0) is 6.54 Å². The van der Waals surface area contributed by atoms with Crippen molar-refractivity contribution in [1.29, 1.82) is 0 Å². The van der Waals surface area contributed by atoms with Crippen molar-refractivity contribution in [2.24, 2.45) is 0 Å². The summed E-state index contributed by atoms with van der Waals surface area (Å²) in [7, 11) is 0. The third-order valence-corrected chi connectivity index (χ3v) is 2.64. The molecule has 2 aromatic rings. The summed E-state index contributed by atoms with van der Waals surface area (Å²) in [6.45, 7) is 4.37. The minimum atomic E-state index is -0.983. The van der Waals surface area contributed by atoms with Gasteiger partial charge in [-0.2, -0.15) is 5.10 Å². The van der Waals surface area contributed by atoms with Gasteiger partial charge in [-0.3, -0.25) is 4.68 Å². The Bertz CT molecular complexity index is 558. The van der Waals surface area contributed by atoms with Crippen LogP contribution in [0.2, 0.25) is 0 Å². The molecular formula is C13H14N2O2. The molecule has 0 atom stereocenters. The molecule has 88 valence electrons. The minimum absolute atomic E-state index is 0.124. The number of aromatic nitrogens is 2. The highest BCUT2D eigenvalue weighted by Crippen LogP contribution is 2.18. The molecule has 1 aromatic heterocycles. The second kappa shape index (κ2) is 4.82. The van der Waals surface area contributed by atoms with Crippen LogP contribution < -0.4 is 0 Å². The summed E-state index contributed by atoms with van der Waals surface area (Å²) in [4.78, 5) is 11.1. The van der Waals surface area contributed by atoms with E-state index in [0.29, 0.717) is 11.9 Å². The number of hydrogen-bond donors (Lipinski definition) is 1. The molecule has 1 aromatic carbocycles. The van der Waals surface area contributed by atoms with Crippen LogP contribution in [0.15, 0.2) is 36.9 Å². The van der Waals surface area contributed by atoms with E-state index in [-0.39, 0.29) is 5.69 Å². The zero-order chi connectivity index (χ0) is 12.3. The fourth-order valence-electron chi connectivity index (χ4n) is 1.84. The first-order chi connectivity index (χ1) is 8.24. The lowest BCUT2D eigenvalue weighted by Crippen LogP contribution is -2.03. The maximum Gasteiger partial charge on any atom is 0.357 e. The highest BCUT2D eigenvalue weighted by molar-refractivity contribution is 6.01. The molecule has 1 N–H and O–H groups in total. The number of fused-ring (bicyclic) bond motifs is 1. The molecule has 0 spiro atoms. The van der Waals surface area contributed by atoms with Gasteiger partial charge in [0.05, 0.1) is 5.52 Å². The van der Waals surface area contributed by atoms with E-state index in [1.165, 1.54) is 0 Å². The van der Waals surface area contributed by atoms with Crippen molar-refractivity contribution in [3.63, 3.8) is 0 Å². The van der Waals surface area contributed by atoms with Crippen molar-refractivity contribution >= 4 is 16.9 Å². The summed E-state index contributed by atoms with van der Waals surface area (Å²) in [6.07, 6.45) is 3.66. The normalized spacial score (nSPS) is 10.6. The molecule has 0 amide bonds. The van der Waals surface area contributed by atoms with E-state index < -0.39 is 5.97 Å². The molecule has 4 nitrogen and oxygen atoms in total. The number of hydrogen-bond acceptors (Lipinski definition) is 2. The van der Waals surface area contributed by atoms with Gasteiger partial charge in [-0.15, -0.1) is 6.58 Å². The zero-order valence-corrected chi connectivity index (χ0v) is 9.47. The lowest BCUT2D eigenvalue weighted by atomic mass is 10.2. The van der Waals surface area contributed by atoms with E-state index in [1.54, 1.807) is 10.7 Å². The van der Waals surface area contributed by atoms with Gasteiger partial charge >= 0.3 is 5.97 Å². The van der Waals surface area contributed by atoms with E-state index in [2.05, 4.69) is 11.7 Å². The highest BCUT2D eigenvalue weighted by atomic mass is 16.4. The molecule has 0 radical (unpaired) electrons. The van der Waals surface area contributed by atoms with E-state index in [0.717, 1.165) is 18.4 Å². The molecular weight excluding hydrogens is 216 g/mol. The van der Waals surface area contributed by atoms with Crippen LogP contribution in [-0.4, -0.2) is 20.9 Å². The average Bonchev–Trinajstić information content (AvgIpc) is 2.69. The monoisotopic (exact) mass is 230 g/mol. The van der Waals surface area contributed by atoms with Crippen LogP contribution in [0.1, 0.15) is 23.3 Å². The first-order valence-corrected chi connectivity index (χ1v) is 5.54. The number of carboxylic acids is 1. The van der Waals surface area contributed by atoms with Crippen LogP contribution in [0, 0.1) is 0 Å². The molecule has 0 saturated heterocycles. The average molecular weight is 230 g/mol. The lowest BCUT2D eigenvalue weighted by Gasteiger charge is -2.00. The summed E-state index contributed by atoms with van der Waals surface area (Å²) in [5.74, 6) is -0.983. The number of aryl methyl sites for hydroxylation is 1. The van der Waals surface area contributed by atoms with E-state index in [1.807, 2.05) is 24.3 Å². The van der Waals surface area contributed by atoms with Crippen molar-refractivity contribution in [1.82, 2.24) is 9.78 Å². The predicted molar refractivity (Wildman–Crippen MR) is 66.1 cm³/mol. The SMILES string of the molecule is C=CCCCn1nc(C(=O)O)c2ccccc21. The van der Waals surface area contributed by atoms with Gasteiger partial charge in [0.15, 0.2) is 5.69 Å². The Morgan fingerprint density at radius 2 is 2.24 bits per heavy atom. The smallest absolute Gasteiger partial charge is 0.357 e. The van der Waals surface area contributed by atoms with E-state index in [9.17, 15) is 4.79 Å². The Balaban J connectivity index is 2.41. The van der Waals surface area contributed by atoms with Crippen molar-refractivity contribution in [2.45, 2.75) is 19.4 Å². The van der Waals surface area contributed by atoms with Crippen molar-refractivity contribution in [3.05, 3.63) is 42.6 Å². The van der Waals surface area contributed by atoms with Crippen LogP contribution in [0.4, 0.5) is 0 Å². The summed E-state index contributed by atoms with van der Waals surface area (Å²) in [5, 5.41) is 13.9. The molecule has 0 aliphatic rings. The van der Waals surface area contributed by atoms with Gasteiger partial charge in [-0.25, -0.2) is 4.79 Å². The number of carbonyl (C=O) groups is 1. The second-order valence-electron chi connectivity index (χ2n) is 3.82. The molecule has 17 heavy (non-hydrogen) atoms. The maximum absolute atomic E-state index is 11.1. The van der Waals surface area contributed by atoms with Crippen molar-refractivity contribution in [2.75, 3.05) is 0 Å². The standard InChI is InChI=1S/C13H14N2O2/c1-2-3-6-9-15-11-8-5-4-7-10(11)12(14-15)13(16)17/h2,4-5,7-8H,1,3,6,9H2,(H,16,17). The zero-order valence-electron chi connectivity index (χ0n) is 9.47. The van der Waals surface area contributed by atoms with Crippen LogP contribution in [0.5, 0.6) is 0 Å². The molecule has 0 aliphatic heterocycles. The first-order valence-electron chi connectivity index (χ1n) is 5.54. The number of aromatic carboxylic acids is 1. The number of allylic oxidation sites excluding steroid dienone is 1. The van der Waals surface area contributed by atoms with Crippen LogP contribution >= 0.6 is 0 Å². The molecule has 4 heteroatoms. The lowest BCUT2D eigenvalue weighted by molar-refractivity contribution is 0.0691. The van der Waals surface area contributed by atoms with Gasteiger partial charge in [0.25, 0.3) is 0 Å². The topological polar surface area (TPSA) is 55.1 Å². The van der Waals surface area contributed by atoms with E-state index >= 15 is 0 Å². The summed E-state index contributed by atoms with van der Waals surface area (Å²) < 4.78 is 1.75. The van der Waals surface area contributed by atoms with E-state index in [4.69, 9.17) is 5.11 Å². The molecule has 0 unspecified atom stereocenters. The Kier molecular flexibility index (Phi) is 3.23. The third kappa shape index (κ3) is 2.20. The van der Waals surface area contributed by atoms with Gasteiger partial charge in [-0.1, -0.05) is 24.3 Å². The minimum Gasteiger partial charge on any atom is -0.476 e. The largest absolute Gasteiger partial charge is 0.476 e. The quantitative estimate of drug-likeness (QED) is 0.634. The second-order valence-corrected chi connectivity index (χ2v) is 3.82. The molecule has 1 heterocycles. The van der Waals surface area contributed by atoms with Crippen molar-refractivity contribution in [3.8, 4) is 0 Å². The van der Waals surface area contributed by atoms with Gasteiger partial charge in [-0.05, 0) is 18.9 Å². The third-order valence-electron chi connectivity index (χ3n) is 2.64. The number of para-hydroxylation sites is 1. The number of rotatable bonds is 5. The molecule has 2 rings (SSSR count). The van der Waals surface area contributed by atoms with Crippen LogP contribution in [0.3, 0.4) is 0 Å². The van der Waals surface area contributed by atoms with Gasteiger partial charge in [0.1, 0.15) is 0 Å². The predicted octanol–water partition coefficient (Wildman–Crippen LogP) is 2.70. The summed E-state index contributed by atoms with van der Waals surface area (Å²) >= 11 is 0. The molecule has 0 bridgehead atoms. The maximum atomic E-state index is 11.1. The van der Waals surface area contributed by atoms with Crippen LogP contribution in [0.25, 0.3) is 10.9 Å². The Morgan fingerprint density at radius 3 is 2.94 bits per heavy atom. The van der Waals surface area contributed by atoms with Gasteiger partial charge < -0.3 is 5.11 Å². The molecule has 0 aliphatic carbocycles. The Hall–Kier alpha value is -2.10. The highest BCUT2D eigenvalue weighted by Gasteiger charge is 2.15. The van der Waals surface area contributed by atoms with Gasteiger partial charge in [0, 0.05) is 11.9 Å². The van der Waals surface area contributed by atoms with Gasteiger partial charge in [0.2, 0.25) is 0 Å². The Labute approximate surface area is 99.2 Å². The number of unbranched alkanes of at least 4 members (excludes halogenated alkanes) is 1. The fourth-order valence-corrected chi connectivity index (χ4v) is 1.84. The first kappa shape index (κ1) is 11.4.